The van der Waals surface area contributed by atoms with Crippen LogP contribution in [0.3, 0.4) is 0 Å². The molecule has 1 aliphatic rings. The normalized spacial score (nSPS) is 13.8. The topological polar surface area (TPSA) is 92.3 Å². The highest BCUT2D eigenvalue weighted by Crippen LogP contribution is 2.21. The summed E-state index contributed by atoms with van der Waals surface area (Å²) in [5.41, 5.74) is 2.28. The third-order valence-corrected chi connectivity index (χ3v) is 4.46. The maximum Gasteiger partial charge on any atom is 0.323 e. The fourth-order valence-corrected chi connectivity index (χ4v) is 3.02. The van der Waals surface area contributed by atoms with E-state index in [1.165, 1.54) is 0 Å². The van der Waals surface area contributed by atoms with E-state index in [4.69, 9.17) is 4.74 Å². The molecule has 148 valence electrons. The summed E-state index contributed by atoms with van der Waals surface area (Å²) in [6.45, 7) is 4.74. The van der Waals surface area contributed by atoms with Crippen molar-refractivity contribution in [1.29, 1.82) is 0 Å². The Balaban J connectivity index is 1.46. The molecule has 2 N–H and O–H groups in total. The Hall–Kier alpha value is -3.52. The molecule has 0 aliphatic carbocycles. The van der Waals surface area contributed by atoms with Gasteiger partial charge in [0.15, 0.2) is 5.82 Å². The first-order valence-electron chi connectivity index (χ1n) is 9.46. The van der Waals surface area contributed by atoms with E-state index in [1.807, 2.05) is 61.5 Å². The molecule has 3 aromatic rings. The van der Waals surface area contributed by atoms with Crippen LogP contribution in [0.15, 0.2) is 54.6 Å². The van der Waals surface area contributed by atoms with E-state index in [1.54, 1.807) is 0 Å². The van der Waals surface area contributed by atoms with Gasteiger partial charge in [-0.05, 0) is 43.3 Å². The average molecular weight is 390 g/mol. The number of aromatic nitrogens is 3. The van der Waals surface area contributed by atoms with Crippen molar-refractivity contribution < 1.29 is 9.53 Å². The van der Waals surface area contributed by atoms with Gasteiger partial charge < -0.3 is 20.3 Å². The lowest BCUT2D eigenvalue weighted by Crippen LogP contribution is -2.37. The van der Waals surface area contributed by atoms with E-state index < -0.39 is 0 Å². The predicted octanol–water partition coefficient (Wildman–Crippen LogP) is 3.33. The van der Waals surface area contributed by atoms with Crippen molar-refractivity contribution >= 4 is 23.4 Å². The van der Waals surface area contributed by atoms with Crippen LogP contribution in [0.1, 0.15) is 5.82 Å². The summed E-state index contributed by atoms with van der Waals surface area (Å²) in [6, 6.07) is 16.4. The number of aryl methyl sites for hydroxylation is 1. The smallest absolute Gasteiger partial charge is 0.323 e. The molecule has 1 aromatic heterocycles. The zero-order valence-electron chi connectivity index (χ0n) is 16.1. The molecular formula is C21H22N6O2. The lowest BCUT2D eigenvalue weighted by atomic mass is 10.2. The molecule has 29 heavy (non-hydrogen) atoms. The van der Waals surface area contributed by atoms with Gasteiger partial charge in [-0.1, -0.05) is 18.2 Å². The van der Waals surface area contributed by atoms with E-state index >= 15 is 0 Å². The van der Waals surface area contributed by atoms with Crippen LogP contribution in [-0.4, -0.2) is 47.3 Å². The highest BCUT2D eigenvalue weighted by molar-refractivity contribution is 5.99. The zero-order chi connectivity index (χ0) is 20.1. The second-order valence-electron chi connectivity index (χ2n) is 6.63. The molecule has 0 radical (unpaired) electrons. The van der Waals surface area contributed by atoms with Crippen LogP contribution < -0.4 is 15.5 Å². The summed E-state index contributed by atoms with van der Waals surface area (Å²) in [6.07, 6.45) is 0. The molecule has 2 aromatic carbocycles. The van der Waals surface area contributed by atoms with Gasteiger partial charge in [0.1, 0.15) is 5.82 Å². The Bertz CT molecular complexity index is 972. The first kappa shape index (κ1) is 18.8. The molecule has 8 heteroatoms. The Morgan fingerprint density at radius 3 is 2.24 bits per heavy atom. The third kappa shape index (κ3) is 4.85. The van der Waals surface area contributed by atoms with Gasteiger partial charge in [-0.2, -0.15) is 9.97 Å². The lowest BCUT2D eigenvalue weighted by molar-refractivity contribution is 0.122. The molecule has 1 fully saturated rings. The molecule has 4 rings (SSSR count). The number of nitrogens with one attached hydrogen (secondary N) is 2. The Morgan fingerprint density at radius 1 is 0.897 bits per heavy atom. The molecule has 1 saturated heterocycles. The number of carbonyl (C=O) groups excluding carboxylic acids is 1. The molecular weight excluding hydrogens is 368 g/mol. The number of nitrogens with zero attached hydrogens (tertiary/aromatic N) is 4. The van der Waals surface area contributed by atoms with Crippen molar-refractivity contribution in [3.8, 4) is 11.4 Å². The number of anilines is 3. The fourth-order valence-electron chi connectivity index (χ4n) is 3.02. The number of carbonyl (C=O) groups is 1. The molecule has 0 spiro atoms. The maximum atomic E-state index is 12.1. The molecule has 0 atom stereocenters. The first-order chi connectivity index (χ1) is 14.2. The first-order valence-corrected chi connectivity index (χ1v) is 9.46. The number of hydrogen-bond acceptors (Lipinski definition) is 6. The number of rotatable bonds is 4. The number of amides is 2. The van der Waals surface area contributed by atoms with Crippen LogP contribution in [0.5, 0.6) is 0 Å². The Morgan fingerprint density at radius 2 is 1.55 bits per heavy atom. The summed E-state index contributed by atoms with van der Waals surface area (Å²) >= 11 is 0. The summed E-state index contributed by atoms with van der Waals surface area (Å²) in [5.74, 6) is 1.94. The number of urea groups is 1. The van der Waals surface area contributed by atoms with E-state index in [2.05, 4.69) is 30.5 Å². The molecule has 8 nitrogen and oxygen atoms in total. The van der Waals surface area contributed by atoms with Crippen molar-refractivity contribution in [3.63, 3.8) is 0 Å². The van der Waals surface area contributed by atoms with Gasteiger partial charge in [0.2, 0.25) is 5.95 Å². The third-order valence-electron chi connectivity index (χ3n) is 4.46. The maximum absolute atomic E-state index is 12.1. The Kier molecular flexibility index (Phi) is 5.62. The number of benzene rings is 2. The minimum Gasteiger partial charge on any atom is -0.378 e. The van der Waals surface area contributed by atoms with Crippen LogP contribution in [0.2, 0.25) is 0 Å². The van der Waals surface area contributed by atoms with Crippen LogP contribution in [0.4, 0.5) is 22.1 Å². The van der Waals surface area contributed by atoms with Crippen molar-refractivity contribution in [1.82, 2.24) is 15.0 Å². The second-order valence-corrected chi connectivity index (χ2v) is 6.63. The van der Waals surface area contributed by atoms with Gasteiger partial charge in [-0.25, -0.2) is 9.78 Å². The van der Waals surface area contributed by atoms with Crippen LogP contribution in [0, 0.1) is 6.92 Å². The SMILES string of the molecule is Cc1nc(-c2ccc(NC(=O)Nc3ccccc3)cc2)nc(N2CCOCC2)n1. The minimum absolute atomic E-state index is 0.297. The molecule has 1 aliphatic heterocycles. The summed E-state index contributed by atoms with van der Waals surface area (Å²) in [4.78, 5) is 27.8. The van der Waals surface area contributed by atoms with Crippen molar-refractivity contribution in [2.45, 2.75) is 6.92 Å². The molecule has 0 bridgehead atoms. The predicted molar refractivity (Wildman–Crippen MR) is 112 cm³/mol. The van der Waals surface area contributed by atoms with Crippen LogP contribution >= 0.6 is 0 Å². The van der Waals surface area contributed by atoms with Crippen molar-refractivity contribution in [3.05, 3.63) is 60.4 Å². The molecule has 0 unspecified atom stereocenters. The quantitative estimate of drug-likeness (QED) is 0.710. The summed E-state index contributed by atoms with van der Waals surface area (Å²) < 4.78 is 5.40. The van der Waals surface area contributed by atoms with E-state index in [-0.39, 0.29) is 6.03 Å². The summed E-state index contributed by atoms with van der Waals surface area (Å²) in [7, 11) is 0. The average Bonchev–Trinajstić information content (AvgIpc) is 2.75. The zero-order valence-corrected chi connectivity index (χ0v) is 16.1. The molecule has 2 heterocycles. The highest BCUT2D eigenvalue weighted by atomic mass is 16.5. The van der Waals surface area contributed by atoms with Gasteiger partial charge in [0.05, 0.1) is 13.2 Å². The Labute approximate surface area is 169 Å². The molecule has 2 amide bonds. The minimum atomic E-state index is -0.297. The highest BCUT2D eigenvalue weighted by Gasteiger charge is 2.16. The molecule has 0 saturated carbocycles. The van der Waals surface area contributed by atoms with Crippen molar-refractivity contribution in [2.75, 3.05) is 41.8 Å². The van der Waals surface area contributed by atoms with Crippen LogP contribution in [0.25, 0.3) is 11.4 Å². The second kappa shape index (κ2) is 8.66. The van der Waals surface area contributed by atoms with Gasteiger partial charge in [0, 0.05) is 30.0 Å². The standard InChI is InChI=1S/C21H22N6O2/c1-15-22-19(26-20(23-15)27-11-13-29-14-12-27)16-7-9-18(10-8-16)25-21(28)24-17-5-3-2-4-6-17/h2-10H,11-14H2,1H3,(H2,24,25,28). The lowest BCUT2D eigenvalue weighted by Gasteiger charge is -2.27. The number of ether oxygens (including phenoxy) is 1. The monoisotopic (exact) mass is 390 g/mol. The van der Waals surface area contributed by atoms with Gasteiger partial charge in [-0.15, -0.1) is 0 Å². The number of hydrogen-bond donors (Lipinski definition) is 2. The van der Waals surface area contributed by atoms with E-state index in [0.717, 1.165) is 24.3 Å². The van der Waals surface area contributed by atoms with E-state index in [0.29, 0.717) is 36.5 Å². The summed E-state index contributed by atoms with van der Waals surface area (Å²) in [5, 5.41) is 5.61. The largest absolute Gasteiger partial charge is 0.378 e. The van der Waals surface area contributed by atoms with Gasteiger partial charge in [0.25, 0.3) is 0 Å². The van der Waals surface area contributed by atoms with Gasteiger partial charge in [-0.3, -0.25) is 0 Å². The van der Waals surface area contributed by atoms with Gasteiger partial charge >= 0.3 is 6.03 Å². The van der Waals surface area contributed by atoms with Crippen LogP contribution in [-0.2, 0) is 4.74 Å². The number of para-hydroxylation sites is 1. The van der Waals surface area contributed by atoms with Crippen molar-refractivity contribution in [2.24, 2.45) is 0 Å². The van der Waals surface area contributed by atoms with E-state index in [9.17, 15) is 4.79 Å². The number of morpholine rings is 1. The fraction of sp³-hybridized carbons (Fsp3) is 0.238.